The maximum atomic E-state index is 12.8. The standard InChI is InChI=1S/C34H37F3N6O3S/c1-22(2)29-20-28(45-4)16-17-30(29)42-18-19-47-33(42)40-32(44)39-23(3)6-5-7-24-8-10-25(11-9-24)31-38-21-43(41-31)26-12-14-27(15-13-26)46-34(35,36)37/h8-17,20-23H,5-7,18-19H2,1-4H3,(H,39,44)/b40-33-. The van der Waals surface area contributed by atoms with Crippen LogP contribution in [-0.4, -0.2) is 57.8 Å². The lowest BCUT2D eigenvalue weighted by Gasteiger charge is -2.23. The van der Waals surface area contributed by atoms with Crippen LogP contribution in [0, 0.1) is 0 Å². The maximum Gasteiger partial charge on any atom is 0.573 e. The number of carbonyl (C=O) groups excluding carboxylic acids is 1. The van der Waals surface area contributed by atoms with E-state index < -0.39 is 6.36 Å². The van der Waals surface area contributed by atoms with Crippen LogP contribution >= 0.6 is 11.8 Å². The van der Waals surface area contributed by atoms with Crippen LogP contribution in [0.5, 0.6) is 11.5 Å². The number of amidine groups is 1. The molecule has 5 rings (SSSR count). The third-order valence-corrected chi connectivity index (χ3v) is 8.59. The lowest BCUT2D eigenvalue weighted by atomic mass is 10.00. The molecule has 3 aromatic carbocycles. The number of ether oxygens (including phenoxy) is 2. The van der Waals surface area contributed by atoms with Crippen molar-refractivity contribution in [3.8, 4) is 28.6 Å². The smallest absolute Gasteiger partial charge is 0.497 e. The number of nitrogens with zero attached hydrogens (tertiary/aromatic N) is 5. The van der Waals surface area contributed by atoms with E-state index >= 15 is 0 Å². The van der Waals surface area contributed by atoms with E-state index in [1.54, 1.807) is 18.9 Å². The van der Waals surface area contributed by atoms with E-state index in [4.69, 9.17) is 4.74 Å². The number of aryl methyl sites for hydroxylation is 1. The first-order valence-electron chi connectivity index (χ1n) is 15.3. The third-order valence-electron chi connectivity index (χ3n) is 7.63. The van der Waals surface area contributed by atoms with E-state index in [9.17, 15) is 18.0 Å². The Hall–Kier alpha value is -4.52. The SMILES string of the molecule is COc1ccc(N2CCS/C2=N\C(=O)NC(C)CCCc2ccc(-c3ncn(-c4ccc(OC(F)(F)F)cc4)n3)cc2)c(C(C)C)c1. The molecule has 4 aromatic rings. The van der Waals surface area contributed by atoms with Crippen molar-refractivity contribution >= 4 is 28.6 Å². The van der Waals surface area contributed by atoms with Crippen LogP contribution in [0.15, 0.2) is 78.0 Å². The molecule has 0 saturated carbocycles. The number of nitrogens with one attached hydrogen (secondary N) is 1. The molecule has 1 aromatic heterocycles. The first kappa shape index (κ1) is 33.8. The fourth-order valence-electron chi connectivity index (χ4n) is 5.24. The molecule has 47 heavy (non-hydrogen) atoms. The molecule has 0 spiro atoms. The van der Waals surface area contributed by atoms with Crippen molar-refractivity contribution in [3.05, 3.63) is 84.2 Å². The second-order valence-corrected chi connectivity index (χ2v) is 12.5. The monoisotopic (exact) mass is 666 g/mol. The van der Waals surface area contributed by atoms with Crippen molar-refractivity contribution in [2.45, 2.75) is 58.4 Å². The van der Waals surface area contributed by atoms with E-state index in [2.05, 4.69) is 43.9 Å². The van der Waals surface area contributed by atoms with Crippen LogP contribution in [-0.2, 0) is 6.42 Å². The number of amides is 2. The van der Waals surface area contributed by atoms with Gasteiger partial charge in [-0.2, -0.15) is 4.99 Å². The molecule has 1 saturated heterocycles. The largest absolute Gasteiger partial charge is 0.573 e. The van der Waals surface area contributed by atoms with Gasteiger partial charge in [-0.05, 0) is 85.7 Å². The van der Waals surface area contributed by atoms with Crippen LogP contribution in [0.2, 0.25) is 0 Å². The second kappa shape index (κ2) is 14.9. The van der Waals surface area contributed by atoms with Gasteiger partial charge in [0.1, 0.15) is 17.8 Å². The zero-order chi connectivity index (χ0) is 33.6. The Morgan fingerprint density at radius 2 is 1.77 bits per heavy atom. The molecule has 13 heteroatoms. The van der Waals surface area contributed by atoms with E-state index in [1.807, 2.05) is 49.4 Å². The highest BCUT2D eigenvalue weighted by atomic mass is 32.2. The number of benzene rings is 3. The van der Waals surface area contributed by atoms with E-state index in [-0.39, 0.29) is 23.7 Å². The topological polar surface area (TPSA) is 93.9 Å². The molecule has 1 unspecified atom stereocenters. The summed E-state index contributed by atoms with van der Waals surface area (Å²) in [5, 5.41) is 8.18. The number of hydrogen-bond donors (Lipinski definition) is 1. The Kier molecular flexibility index (Phi) is 10.7. The van der Waals surface area contributed by atoms with Gasteiger partial charge in [-0.15, -0.1) is 18.3 Å². The lowest BCUT2D eigenvalue weighted by Crippen LogP contribution is -2.33. The van der Waals surface area contributed by atoms with Gasteiger partial charge in [-0.1, -0.05) is 49.9 Å². The molecular formula is C34H37F3N6O3S. The first-order chi connectivity index (χ1) is 22.5. The molecule has 1 fully saturated rings. The van der Waals surface area contributed by atoms with Crippen LogP contribution < -0.4 is 19.7 Å². The van der Waals surface area contributed by atoms with Gasteiger partial charge >= 0.3 is 12.4 Å². The van der Waals surface area contributed by atoms with Crippen LogP contribution in [0.25, 0.3) is 17.1 Å². The summed E-state index contributed by atoms with van der Waals surface area (Å²) in [6.45, 7) is 7.05. The number of carbonyl (C=O) groups is 1. The summed E-state index contributed by atoms with van der Waals surface area (Å²) in [7, 11) is 1.66. The molecule has 1 atom stereocenters. The van der Waals surface area contributed by atoms with E-state index in [0.29, 0.717) is 16.7 Å². The molecule has 0 bridgehead atoms. The Balaban J connectivity index is 1.11. The van der Waals surface area contributed by atoms with Crippen LogP contribution in [0.1, 0.15) is 50.7 Å². The Labute approximate surface area is 276 Å². The Bertz CT molecular complexity index is 1690. The highest BCUT2D eigenvalue weighted by Gasteiger charge is 2.31. The summed E-state index contributed by atoms with van der Waals surface area (Å²) >= 11 is 1.58. The quantitative estimate of drug-likeness (QED) is 0.173. The Morgan fingerprint density at radius 1 is 1.04 bits per heavy atom. The number of methoxy groups -OCH3 is 1. The minimum absolute atomic E-state index is 0.0413. The number of anilines is 1. The van der Waals surface area contributed by atoms with Gasteiger partial charge in [0.15, 0.2) is 11.0 Å². The van der Waals surface area contributed by atoms with E-state index in [1.165, 1.54) is 35.3 Å². The molecule has 248 valence electrons. The minimum atomic E-state index is -4.74. The van der Waals surface area contributed by atoms with Gasteiger partial charge in [0.25, 0.3) is 0 Å². The highest BCUT2D eigenvalue weighted by molar-refractivity contribution is 8.14. The molecule has 1 aliphatic heterocycles. The molecule has 1 N–H and O–H groups in total. The molecule has 9 nitrogen and oxygen atoms in total. The summed E-state index contributed by atoms with van der Waals surface area (Å²) in [4.78, 5) is 23.7. The Morgan fingerprint density at radius 3 is 2.45 bits per heavy atom. The van der Waals surface area contributed by atoms with Crippen LogP contribution in [0.3, 0.4) is 0 Å². The zero-order valence-corrected chi connectivity index (χ0v) is 27.4. The number of aliphatic imine (C=N–C) groups is 1. The predicted molar refractivity (Wildman–Crippen MR) is 179 cm³/mol. The number of aromatic nitrogens is 3. The molecule has 0 aliphatic carbocycles. The summed E-state index contributed by atoms with van der Waals surface area (Å²) in [6, 6.07) is 19.0. The molecule has 1 aliphatic rings. The van der Waals surface area contributed by atoms with Gasteiger partial charge < -0.3 is 19.7 Å². The normalized spacial score (nSPS) is 14.9. The first-order valence-corrected chi connectivity index (χ1v) is 16.3. The number of halogens is 3. The number of urea groups is 1. The maximum absolute atomic E-state index is 12.8. The van der Waals surface area contributed by atoms with Crippen molar-refractivity contribution in [1.82, 2.24) is 20.1 Å². The summed E-state index contributed by atoms with van der Waals surface area (Å²) in [5.74, 6) is 2.15. The van der Waals surface area contributed by atoms with Gasteiger partial charge in [0.2, 0.25) is 0 Å². The lowest BCUT2D eigenvalue weighted by molar-refractivity contribution is -0.274. The molecule has 0 radical (unpaired) electrons. The second-order valence-electron chi connectivity index (χ2n) is 11.5. The van der Waals surface area contributed by atoms with Gasteiger partial charge in [0.05, 0.1) is 12.8 Å². The summed E-state index contributed by atoms with van der Waals surface area (Å²) in [6.07, 6.45) is -0.727. The number of hydrogen-bond acceptors (Lipinski definition) is 6. The minimum Gasteiger partial charge on any atom is -0.497 e. The van der Waals surface area contributed by atoms with Crippen molar-refractivity contribution in [1.29, 1.82) is 0 Å². The molecule has 2 amide bonds. The van der Waals surface area contributed by atoms with Gasteiger partial charge in [-0.25, -0.2) is 14.5 Å². The van der Waals surface area contributed by atoms with Crippen molar-refractivity contribution in [2.75, 3.05) is 24.3 Å². The van der Waals surface area contributed by atoms with E-state index in [0.717, 1.165) is 59.7 Å². The average Bonchev–Trinajstić information content (AvgIpc) is 3.71. The van der Waals surface area contributed by atoms with Crippen molar-refractivity contribution in [2.24, 2.45) is 4.99 Å². The number of alkyl halides is 3. The third kappa shape index (κ3) is 9.06. The molecular weight excluding hydrogens is 629 g/mol. The summed E-state index contributed by atoms with van der Waals surface area (Å²) in [5.41, 5.74) is 4.72. The fraction of sp³-hybridized carbons (Fsp3) is 0.353. The fourth-order valence-corrected chi connectivity index (χ4v) is 6.19. The predicted octanol–water partition coefficient (Wildman–Crippen LogP) is 8.00. The van der Waals surface area contributed by atoms with Gasteiger partial charge in [-0.3, -0.25) is 0 Å². The number of rotatable bonds is 11. The van der Waals surface area contributed by atoms with Crippen LogP contribution in [0.4, 0.5) is 23.7 Å². The summed E-state index contributed by atoms with van der Waals surface area (Å²) < 4.78 is 48.1. The molecule has 2 heterocycles. The van der Waals surface area contributed by atoms with Crippen molar-refractivity contribution < 1.29 is 27.4 Å². The zero-order valence-electron chi connectivity index (χ0n) is 26.6. The highest BCUT2D eigenvalue weighted by Crippen LogP contribution is 2.35. The van der Waals surface area contributed by atoms with Crippen molar-refractivity contribution in [3.63, 3.8) is 0 Å². The van der Waals surface area contributed by atoms with Gasteiger partial charge in [0, 0.05) is 29.6 Å². The average molecular weight is 667 g/mol. The number of thioether (sulfide) groups is 1.